The largest absolute Gasteiger partial charge is 0.350 e. The van der Waals surface area contributed by atoms with Crippen molar-refractivity contribution < 1.29 is 4.79 Å². The number of rotatable bonds is 3. The number of hydrogen-bond donors (Lipinski definition) is 2. The molecule has 2 N–H and O–H groups in total. The topological polar surface area (TPSA) is 47.6 Å². The molecule has 2 aliphatic heterocycles. The standard InChI is InChI=1S/C13H26N4O/c1-13(2,3)15-12(18)10-16-8-11(9-16)17-6-4-14-5-7-17/h11,14H,4-10H2,1-3H3,(H,15,18). The van der Waals surface area contributed by atoms with Crippen LogP contribution in [0.25, 0.3) is 0 Å². The van der Waals surface area contributed by atoms with Gasteiger partial charge in [-0.15, -0.1) is 0 Å². The van der Waals surface area contributed by atoms with E-state index in [-0.39, 0.29) is 11.4 Å². The van der Waals surface area contributed by atoms with Gasteiger partial charge in [-0.05, 0) is 20.8 Å². The van der Waals surface area contributed by atoms with Crippen LogP contribution in [0.15, 0.2) is 0 Å². The van der Waals surface area contributed by atoms with Crippen LogP contribution in [0, 0.1) is 0 Å². The van der Waals surface area contributed by atoms with Gasteiger partial charge in [-0.25, -0.2) is 0 Å². The number of carbonyl (C=O) groups excluding carboxylic acids is 1. The molecule has 0 aromatic carbocycles. The van der Waals surface area contributed by atoms with Gasteiger partial charge < -0.3 is 10.6 Å². The van der Waals surface area contributed by atoms with Crippen LogP contribution >= 0.6 is 0 Å². The Balaban J connectivity index is 1.65. The Kier molecular flexibility index (Phi) is 4.25. The molecule has 2 aliphatic rings. The average Bonchev–Trinajstić information content (AvgIpc) is 2.21. The van der Waals surface area contributed by atoms with Crippen molar-refractivity contribution in [3.05, 3.63) is 0 Å². The third-order valence-electron chi connectivity index (χ3n) is 3.49. The Bertz CT molecular complexity index is 288. The molecule has 0 atom stereocenters. The Labute approximate surface area is 110 Å². The molecule has 2 saturated heterocycles. The number of likely N-dealkylation sites (tertiary alicyclic amines) is 1. The van der Waals surface area contributed by atoms with E-state index in [1.165, 1.54) is 0 Å². The number of nitrogens with zero attached hydrogens (tertiary/aromatic N) is 2. The van der Waals surface area contributed by atoms with Crippen LogP contribution in [0.5, 0.6) is 0 Å². The molecule has 0 aliphatic carbocycles. The molecule has 5 nitrogen and oxygen atoms in total. The molecule has 0 unspecified atom stereocenters. The van der Waals surface area contributed by atoms with Crippen LogP contribution in [0.4, 0.5) is 0 Å². The van der Waals surface area contributed by atoms with E-state index in [1.807, 2.05) is 20.8 Å². The van der Waals surface area contributed by atoms with E-state index in [0.717, 1.165) is 39.3 Å². The van der Waals surface area contributed by atoms with Gasteiger partial charge in [-0.2, -0.15) is 0 Å². The Morgan fingerprint density at radius 2 is 1.89 bits per heavy atom. The van der Waals surface area contributed by atoms with Gasteiger partial charge in [0, 0.05) is 50.8 Å². The second-order valence-electron chi connectivity index (χ2n) is 6.43. The third kappa shape index (κ3) is 3.93. The summed E-state index contributed by atoms with van der Waals surface area (Å²) in [6, 6.07) is 0.662. The van der Waals surface area contributed by atoms with Gasteiger partial charge in [0.25, 0.3) is 0 Å². The quantitative estimate of drug-likeness (QED) is 0.712. The highest BCUT2D eigenvalue weighted by Crippen LogP contribution is 2.15. The summed E-state index contributed by atoms with van der Waals surface area (Å²) in [6.45, 7) is 13.2. The normalized spacial score (nSPS) is 23.7. The monoisotopic (exact) mass is 254 g/mol. The Morgan fingerprint density at radius 3 is 2.44 bits per heavy atom. The molecule has 2 rings (SSSR count). The fourth-order valence-electron chi connectivity index (χ4n) is 2.61. The smallest absolute Gasteiger partial charge is 0.234 e. The Morgan fingerprint density at radius 1 is 1.28 bits per heavy atom. The van der Waals surface area contributed by atoms with Crippen molar-refractivity contribution in [3.63, 3.8) is 0 Å². The molecule has 2 heterocycles. The first-order valence-electron chi connectivity index (χ1n) is 6.92. The predicted octanol–water partition coefficient (Wildman–Crippen LogP) is -0.509. The molecule has 0 saturated carbocycles. The molecule has 0 aromatic heterocycles. The summed E-state index contributed by atoms with van der Waals surface area (Å²) < 4.78 is 0. The number of hydrogen-bond acceptors (Lipinski definition) is 4. The maximum atomic E-state index is 11.8. The summed E-state index contributed by atoms with van der Waals surface area (Å²) in [7, 11) is 0. The lowest BCUT2D eigenvalue weighted by Gasteiger charge is -2.46. The first-order valence-corrected chi connectivity index (χ1v) is 6.92. The minimum absolute atomic E-state index is 0.125. The molecule has 0 spiro atoms. The van der Waals surface area contributed by atoms with Crippen LogP contribution in [-0.2, 0) is 4.79 Å². The second-order valence-corrected chi connectivity index (χ2v) is 6.43. The lowest BCUT2D eigenvalue weighted by Crippen LogP contribution is -2.64. The number of carbonyl (C=O) groups is 1. The highest BCUT2D eigenvalue weighted by Gasteiger charge is 2.33. The van der Waals surface area contributed by atoms with Crippen LogP contribution in [0.1, 0.15) is 20.8 Å². The second kappa shape index (κ2) is 5.55. The van der Waals surface area contributed by atoms with E-state index in [4.69, 9.17) is 0 Å². The van der Waals surface area contributed by atoms with E-state index < -0.39 is 0 Å². The lowest BCUT2D eigenvalue weighted by atomic mass is 10.1. The zero-order valence-electron chi connectivity index (χ0n) is 11.8. The summed E-state index contributed by atoms with van der Waals surface area (Å²) in [6.07, 6.45) is 0. The zero-order chi connectivity index (χ0) is 13.2. The first-order chi connectivity index (χ1) is 8.44. The molecule has 0 aromatic rings. The number of piperazine rings is 1. The molecular weight excluding hydrogens is 228 g/mol. The fraction of sp³-hybridized carbons (Fsp3) is 0.923. The Hall–Kier alpha value is -0.650. The van der Waals surface area contributed by atoms with Crippen molar-refractivity contribution in [1.82, 2.24) is 20.4 Å². The molecule has 5 heteroatoms. The lowest BCUT2D eigenvalue weighted by molar-refractivity contribution is -0.125. The van der Waals surface area contributed by atoms with Crippen molar-refractivity contribution in [1.29, 1.82) is 0 Å². The predicted molar refractivity (Wildman–Crippen MR) is 72.6 cm³/mol. The van der Waals surface area contributed by atoms with E-state index in [0.29, 0.717) is 12.6 Å². The molecule has 18 heavy (non-hydrogen) atoms. The van der Waals surface area contributed by atoms with Crippen LogP contribution in [0.3, 0.4) is 0 Å². The summed E-state index contributed by atoms with van der Waals surface area (Å²) in [5, 5.41) is 6.38. The van der Waals surface area contributed by atoms with Gasteiger partial charge in [0.05, 0.1) is 6.54 Å². The van der Waals surface area contributed by atoms with Gasteiger partial charge in [-0.3, -0.25) is 14.6 Å². The van der Waals surface area contributed by atoms with E-state index in [9.17, 15) is 4.79 Å². The van der Waals surface area contributed by atoms with Gasteiger partial charge in [0.2, 0.25) is 5.91 Å². The van der Waals surface area contributed by atoms with Crippen molar-refractivity contribution in [2.45, 2.75) is 32.4 Å². The average molecular weight is 254 g/mol. The first kappa shape index (κ1) is 13.8. The van der Waals surface area contributed by atoms with Crippen molar-refractivity contribution >= 4 is 5.91 Å². The van der Waals surface area contributed by atoms with Crippen LogP contribution in [0.2, 0.25) is 0 Å². The third-order valence-corrected chi connectivity index (χ3v) is 3.49. The van der Waals surface area contributed by atoms with Gasteiger partial charge >= 0.3 is 0 Å². The maximum Gasteiger partial charge on any atom is 0.234 e. The van der Waals surface area contributed by atoms with Crippen LogP contribution in [-0.4, -0.2) is 73.1 Å². The minimum Gasteiger partial charge on any atom is -0.350 e. The summed E-state index contributed by atoms with van der Waals surface area (Å²) in [5.41, 5.74) is -0.125. The minimum atomic E-state index is -0.125. The molecule has 104 valence electrons. The van der Waals surface area contributed by atoms with Crippen molar-refractivity contribution in [2.24, 2.45) is 0 Å². The highest BCUT2D eigenvalue weighted by atomic mass is 16.2. The molecule has 0 radical (unpaired) electrons. The summed E-state index contributed by atoms with van der Waals surface area (Å²) in [4.78, 5) is 16.5. The van der Waals surface area contributed by atoms with Crippen molar-refractivity contribution in [3.8, 4) is 0 Å². The SMILES string of the molecule is CC(C)(C)NC(=O)CN1CC(N2CCNCC2)C1. The fourth-order valence-corrected chi connectivity index (χ4v) is 2.61. The molecule has 1 amide bonds. The highest BCUT2D eigenvalue weighted by molar-refractivity contribution is 5.78. The van der Waals surface area contributed by atoms with Crippen molar-refractivity contribution in [2.75, 3.05) is 45.8 Å². The number of amides is 1. The molecular formula is C13H26N4O. The summed E-state index contributed by atoms with van der Waals surface area (Å²) >= 11 is 0. The van der Waals surface area contributed by atoms with Gasteiger partial charge in [-0.1, -0.05) is 0 Å². The van der Waals surface area contributed by atoms with Gasteiger partial charge in [0.1, 0.15) is 0 Å². The van der Waals surface area contributed by atoms with Crippen LogP contribution < -0.4 is 10.6 Å². The van der Waals surface area contributed by atoms with E-state index in [1.54, 1.807) is 0 Å². The molecule has 0 bridgehead atoms. The maximum absolute atomic E-state index is 11.8. The summed E-state index contributed by atoms with van der Waals surface area (Å²) in [5.74, 6) is 0.140. The van der Waals surface area contributed by atoms with Gasteiger partial charge in [0.15, 0.2) is 0 Å². The van der Waals surface area contributed by atoms with E-state index >= 15 is 0 Å². The number of nitrogens with one attached hydrogen (secondary N) is 2. The zero-order valence-corrected chi connectivity index (χ0v) is 11.8. The van der Waals surface area contributed by atoms with E-state index in [2.05, 4.69) is 20.4 Å². The molecule has 2 fully saturated rings.